The minimum absolute atomic E-state index is 0.140. The average Bonchev–Trinajstić information content (AvgIpc) is 2.38. The molecule has 0 heterocycles. The van der Waals surface area contributed by atoms with Crippen LogP contribution < -0.4 is 0 Å². The van der Waals surface area contributed by atoms with E-state index in [1.807, 2.05) is 0 Å². The normalized spacial score (nSPS) is 11.7. The van der Waals surface area contributed by atoms with Crippen molar-refractivity contribution in [1.82, 2.24) is 0 Å². The van der Waals surface area contributed by atoms with Gasteiger partial charge >= 0.3 is 0 Å². The largest absolute Gasteiger partial charge is 0.207 e. The Bertz CT molecular complexity index is 637. The van der Waals surface area contributed by atoms with Crippen molar-refractivity contribution in [2.24, 2.45) is 5.11 Å². The van der Waals surface area contributed by atoms with Gasteiger partial charge in [0, 0.05) is 21.0 Å². The lowest BCUT2D eigenvalue weighted by Gasteiger charge is -2.13. The molecule has 0 aromatic heterocycles. The number of benzene rings is 2. The maximum Gasteiger partial charge on any atom is 0.130 e. The van der Waals surface area contributed by atoms with Gasteiger partial charge in [-0.05, 0) is 29.3 Å². The molecule has 2 aromatic rings. The summed E-state index contributed by atoms with van der Waals surface area (Å²) in [5.74, 6) is -1.41. The fraction of sp³-hybridized carbons (Fsp3) is 0.0769. The zero-order chi connectivity index (χ0) is 13.8. The van der Waals surface area contributed by atoms with E-state index in [9.17, 15) is 8.78 Å². The van der Waals surface area contributed by atoms with Gasteiger partial charge < -0.3 is 0 Å². The van der Waals surface area contributed by atoms with Crippen molar-refractivity contribution in [3.8, 4) is 0 Å². The lowest BCUT2D eigenvalue weighted by atomic mass is 9.99. The van der Waals surface area contributed by atoms with Crippen LogP contribution in [0.3, 0.4) is 0 Å². The lowest BCUT2D eigenvalue weighted by Crippen LogP contribution is -2.01. The monoisotopic (exact) mass is 323 g/mol. The Morgan fingerprint density at radius 1 is 1.11 bits per heavy atom. The number of rotatable bonds is 3. The first-order chi connectivity index (χ1) is 9.11. The molecular formula is C13H8BrF2N3. The first-order valence-corrected chi connectivity index (χ1v) is 6.15. The molecular weight excluding hydrogens is 316 g/mol. The molecule has 1 atom stereocenters. The molecule has 2 aromatic carbocycles. The topological polar surface area (TPSA) is 48.8 Å². The Morgan fingerprint density at radius 3 is 2.37 bits per heavy atom. The third kappa shape index (κ3) is 3.10. The first-order valence-electron chi connectivity index (χ1n) is 5.36. The molecule has 1 unspecified atom stereocenters. The maximum absolute atomic E-state index is 13.8. The summed E-state index contributed by atoms with van der Waals surface area (Å²) in [5, 5.41) is 3.59. The SMILES string of the molecule is [N-]=[N+]=NC(c1ccc(Br)cc1)c1ccc(F)cc1F. The fourth-order valence-electron chi connectivity index (χ4n) is 1.73. The van der Waals surface area contributed by atoms with Crippen molar-refractivity contribution in [2.45, 2.75) is 6.04 Å². The highest BCUT2D eigenvalue weighted by atomic mass is 79.9. The molecule has 19 heavy (non-hydrogen) atoms. The van der Waals surface area contributed by atoms with Crippen LogP contribution in [-0.4, -0.2) is 0 Å². The van der Waals surface area contributed by atoms with Crippen LogP contribution in [0, 0.1) is 11.6 Å². The molecule has 0 spiro atoms. The Kier molecular flexibility index (Phi) is 4.14. The van der Waals surface area contributed by atoms with Gasteiger partial charge in [0.2, 0.25) is 0 Å². The van der Waals surface area contributed by atoms with E-state index in [1.54, 1.807) is 24.3 Å². The van der Waals surface area contributed by atoms with E-state index in [-0.39, 0.29) is 5.56 Å². The van der Waals surface area contributed by atoms with Gasteiger partial charge in [0.1, 0.15) is 11.6 Å². The van der Waals surface area contributed by atoms with Crippen LogP contribution in [0.15, 0.2) is 52.1 Å². The Labute approximate surface area is 116 Å². The van der Waals surface area contributed by atoms with E-state index in [0.29, 0.717) is 5.56 Å². The molecule has 0 saturated carbocycles. The van der Waals surface area contributed by atoms with Crippen molar-refractivity contribution < 1.29 is 8.78 Å². The van der Waals surface area contributed by atoms with Crippen LogP contribution >= 0.6 is 15.9 Å². The number of halogens is 3. The summed E-state index contributed by atoms with van der Waals surface area (Å²) in [6.07, 6.45) is 0. The summed E-state index contributed by atoms with van der Waals surface area (Å²) < 4.78 is 27.5. The van der Waals surface area contributed by atoms with Gasteiger partial charge in [-0.15, -0.1) is 0 Å². The van der Waals surface area contributed by atoms with Crippen LogP contribution in [0.4, 0.5) is 8.78 Å². The molecule has 96 valence electrons. The van der Waals surface area contributed by atoms with Crippen LogP contribution in [-0.2, 0) is 0 Å². The molecule has 6 heteroatoms. The van der Waals surface area contributed by atoms with E-state index in [0.717, 1.165) is 16.6 Å². The summed E-state index contributed by atoms with van der Waals surface area (Å²) in [6.45, 7) is 0. The van der Waals surface area contributed by atoms with Crippen molar-refractivity contribution in [1.29, 1.82) is 0 Å². The van der Waals surface area contributed by atoms with Crippen LogP contribution in [0.1, 0.15) is 17.2 Å². The van der Waals surface area contributed by atoms with Crippen LogP contribution in [0.25, 0.3) is 10.4 Å². The molecule has 0 aliphatic heterocycles. The molecule has 0 bridgehead atoms. The molecule has 0 aliphatic rings. The quantitative estimate of drug-likeness (QED) is 0.427. The molecule has 0 fully saturated rings. The standard InChI is InChI=1S/C13H8BrF2N3/c14-9-3-1-8(2-4-9)13(18-19-17)11-6-5-10(15)7-12(11)16/h1-7,13H. The van der Waals surface area contributed by atoms with Gasteiger partial charge in [-0.25, -0.2) is 8.78 Å². The van der Waals surface area contributed by atoms with E-state index in [1.165, 1.54) is 6.07 Å². The third-order valence-corrected chi connectivity index (χ3v) is 3.14. The second kappa shape index (κ2) is 5.82. The van der Waals surface area contributed by atoms with Gasteiger partial charge in [-0.3, -0.25) is 0 Å². The molecule has 0 amide bonds. The van der Waals surface area contributed by atoms with E-state index in [2.05, 4.69) is 26.0 Å². The smallest absolute Gasteiger partial charge is 0.130 e. The van der Waals surface area contributed by atoms with Gasteiger partial charge in [-0.2, -0.15) is 0 Å². The average molecular weight is 324 g/mol. The van der Waals surface area contributed by atoms with Crippen molar-refractivity contribution in [3.63, 3.8) is 0 Å². The Balaban J connectivity index is 2.51. The van der Waals surface area contributed by atoms with E-state index in [4.69, 9.17) is 5.53 Å². The van der Waals surface area contributed by atoms with Gasteiger partial charge in [-0.1, -0.05) is 39.2 Å². The first kappa shape index (κ1) is 13.5. The number of hydrogen-bond donors (Lipinski definition) is 0. The van der Waals surface area contributed by atoms with Crippen molar-refractivity contribution in [3.05, 3.63) is 80.1 Å². The third-order valence-electron chi connectivity index (χ3n) is 2.61. The number of hydrogen-bond acceptors (Lipinski definition) is 1. The Morgan fingerprint density at radius 2 is 1.79 bits per heavy atom. The highest BCUT2D eigenvalue weighted by Crippen LogP contribution is 2.29. The van der Waals surface area contributed by atoms with Gasteiger partial charge in [0.05, 0.1) is 6.04 Å². The maximum atomic E-state index is 13.8. The molecule has 2 rings (SSSR count). The summed E-state index contributed by atoms with van der Waals surface area (Å²) in [7, 11) is 0. The minimum Gasteiger partial charge on any atom is -0.207 e. The van der Waals surface area contributed by atoms with Crippen LogP contribution in [0.5, 0.6) is 0 Å². The second-order valence-corrected chi connectivity index (χ2v) is 4.74. The zero-order valence-corrected chi connectivity index (χ0v) is 11.2. The molecule has 0 aliphatic carbocycles. The van der Waals surface area contributed by atoms with Crippen molar-refractivity contribution in [2.75, 3.05) is 0 Å². The zero-order valence-electron chi connectivity index (χ0n) is 9.59. The van der Waals surface area contributed by atoms with E-state index >= 15 is 0 Å². The minimum atomic E-state index is -0.821. The molecule has 0 N–H and O–H groups in total. The summed E-state index contributed by atoms with van der Waals surface area (Å²) in [6, 6.07) is 9.32. The Hall–Kier alpha value is -1.91. The number of azide groups is 1. The summed E-state index contributed by atoms with van der Waals surface area (Å²) in [5.41, 5.74) is 9.38. The fourth-order valence-corrected chi connectivity index (χ4v) is 1.99. The predicted octanol–water partition coefficient (Wildman–Crippen LogP) is 5.13. The van der Waals surface area contributed by atoms with E-state index < -0.39 is 17.7 Å². The number of nitrogens with zero attached hydrogens (tertiary/aromatic N) is 3. The molecule has 0 radical (unpaired) electrons. The summed E-state index contributed by atoms with van der Waals surface area (Å²) >= 11 is 3.29. The predicted molar refractivity (Wildman–Crippen MR) is 71.5 cm³/mol. The van der Waals surface area contributed by atoms with Gasteiger partial charge in [0.15, 0.2) is 0 Å². The molecule has 3 nitrogen and oxygen atoms in total. The van der Waals surface area contributed by atoms with Gasteiger partial charge in [0.25, 0.3) is 0 Å². The summed E-state index contributed by atoms with van der Waals surface area (Å²) in [4.78, 5) is 2.73. The van der Waals surface area contributed by atoms with Crippen molar-refractivity contribution >= 4 is 15.9 Å². The highest BCUT2D eigenvalue weighted by molar-refractivity contribution is 9.10. The molecule has 0 saturated heterocycles. The lowest BCUT2D eigenvalue weighted by molar-refractivity contribution is 0.565. The van der Waals surface area contributed by atoms with Crippen LogP contribution in [0.2, 0.25) is 0 Å². The second-order valence-electron chi connectivity index (χ2n) is 3.82. The highest BCUT2D eigenvalue weighted by Gasteiger charge is 2.17.